The van der Waals surface area contributed by atoms with Gasteiger partial charge in [-0.3, -0.25) is 19.9 Å². The number of aromatic nitrogens is 3. The average molecular weight is 298 g/mol. The molecule has 0 aliphatic rings. The molecule has 0 aliphatic carbocycles. The van der Waals surface area contributed by atoms with Gasteiger partial charge in [0.05, 0.1) is 10.6 Å². The molecule has 3 N–H and O–H groups in total. The van der Waals surface area contributed by atoms with Gasteiger partial charge in [-0.15, -0.1) is 4.98 Å². The van der Waals surface area contributed by atoms with Crippen molar-refractivity contribution in [1.82, 2.24) is 9.97 Å². The number of amides is 1. The number of rotatable bonds is 3. The van der Waals surface area contributed by atoms with E-state index in [9.17, 15) is 14.9 Å². The number of hydrogen-bond donors (Lipinski definition) is 2. The molecule has 8 nitrogen and oxygen atoms in total. The Hall–Kier alpha value is -3.29. The number of nitrogens with one attached hydrogen (secondary N) is 3. The standard InChI is InChI=1S/C14H11N5O3/c1-8-2-3-10(19(21)22)5-11(8)14(20)18-9-4-12-13(15-6-9)17-7-16-12/h2-7H,1H3,(H,18,20)(H,15,16,17)/p+1. The number of imidazole rings is 1. The lowest BCUT2D eigenvalue weighted by atomic mass is 10.1. The number of pyridine rings is 1. The minimum Gasteiger partial charge on any atom is -0.319 e. The number of carbonyl (C=O) groups excluding carboxylic acids is 1. The fourth-order valence-electron chi connectivity index (χ4n) is 2.11. The van der Waals surface area contributed by atoms with Crippen molar-refractivity contribution < 1.29 is 14.7 Å². The van der Waals surface area contributed by atoms with Gasteiger partial charge < -0.3 is 5.32 Å². The van der Waals surface area contributed by atoms with Crippen molar-refractivity contribution in [3.8, 4) is 0 Å². The molecule has 0 saturated carbocycles. The zero-order chi connectivity index (χ0) is 15.7. The van der Waals surface area contributed by atoms with E-state index in [0.29, 0.717) is 16.9 Å². The summed E-state index contributed by atoms with van der Waals surface area (Å²) >= 11 is 0. The van der Waals surface area contributed by atoms with Crippen LogP contribution in [0.2, 0.25) is 0 Å². The number of nitrogens with zero attached hydrogens (tertiary/aromatic N) is 2. The first-order valence-corrected chi connectivity index (χ1v) is 6.46. The molecular weight excluding hydrogens is 286 g/mol. The number of non-ortho nitro benzene ring substituents is 1. The van der Waals surface area contributed by atoms with E-state index in [-0.39, 0.29) is 11.3 Å². The number of H-pyrrole nitrogens is 2. The quantitative estimate of drug-likeness (QED) is 0.567. The molecule has 0 aliphatic heterocycles. The van der Waals surface area contributed by atoms with Crippen LogP contribution in [0, 0.1) is 17.0 Å². The van der Waals surface area contributed by atoms with Gasteiger partial charge in [0.2, 0.25) is 0 Å². The van der Waals surface area contributed by atoms with Crippen molar-refractivity contribution in [2.24, 2.45) is 0 Å². The van der Waals surface area contributed by atoms with Gasteiger partial charge in [-0.25, -0.2) is 4.98 Å². The Labute approximate surface area is 124 Å². The second-order valence-electron chi connectivity index (χ2n) is 4.76. The molecule has 22 heavy (non-hydrogen) atoms. The minimum absolute atomic E-state index is 0.122. The first-order chi connectivity index (χ1) is 10.5. The molecule has 0 bridgehead atoms. The van der Waals surface area contributed by atoms with Crippen LogP contribution in [0.3, 0.4) is 0 Å². The summed E-state index contributed by atoms with van der Waals surface area (Å²) in [5.41, 5.74) is 2.71. The van der Waals surface area contributed by atoms with Crippen molar-refractivity contribution >= 4 is 28.4 Å². The number of carbonyl (C=O) groups is 1. The lowest BCUT2D eigenvalue weighted by Crippen LogP contribution is -2.14. The van der Waals surface area contributed by atoms with Crippen LogP contribution in [0.25, 0.3) is 11.2 Å². The lowest BCUT2D eigenvalue weighted by Gasteiger charge is -2.06. The molecule has 3 rings (SSSR count). The predicted molar refractivity (Wildman–Crippen MR) is 78.4 cm³/mol. The number of aryl methyl sites for hydroxylation is 1. The molecule has 0 radical (unpaired) electrons. The van der Waals surface area contributed by atoms with Gasteiger partial charge >= 0.3 is 0 Å². The van der Waals surface area contributed by atoms with Crippen LogP contribution in [-0.4, -0.2) is 20.8 Å². The topological polar surface area (TPSA) is 115 Å². The second kappa shape index (κ2) is 5.24. The first-order valence-electron chi connectivity index (χ1n) is 6.46. The number of hydrogen-bond acceptors (Lipinski definition) is 4. The zero-order valence-electron chi connectivity index (χ0n) is 11.6. The maximum absolute atomic E-state index is 12.3. The summed E-state index contributed by atoms with van der Waals surface area (Å²) < 4.78 is 0. The van der Waals surface area contributed by atoms with Gasteiger partial charge in [-0.1, -0.05) is 6.07 Å². The fraction of sp³-hybridized carbons (Fsp3) is 0.0714. The van der Waals surface area contributed by atoms with Gasteiger partial charge in [0.25, 0.3) is 17.2 Å². The maximum Gasteiger partial charge on any atom is 0.299 e. The normalized spacial score (nSPS) is 10.6. The third-order valence-electron chi connectivity index (χ3n) is 3.26. The lowest BCUT2D eigenvalue weighted by molar-refractivity contribution is -0.384. The Kier molecular flexibility index (Phi) is 3.26. The monoisotopic (exact) mass is 298 g/mol. The Bertz CT molecular complexity index is 887. The van der Waals surface area contributed by atoms with E-state index in [2.05, 4.69) is 20.3 Å². The second-order valence-corrected chi connectivity index (χ2v) is 4.76. The summed E-state index contributed by atoms with van der Waals surface area (Å²) in [5.74, 6) is -0.419. The Morgan fingerprint density at radius 2 is 2.23 bits per heavy atom. The van der Waals surface area contributed by atoms with Crippen LogP contribution >= 0.6 is 0 Å². The highest BCUT2D eigenvalue weighted by Gasteiger charge is 2.16. The van der Waals surface area contributed by atoms with Gasteiger partial charge in [-0.2, -0.15) is 0 Å². The smallest absolute Gasteiger partial charge is 0.299 e. The van der Waals surface area contributed by atoms with E-state index < -0.39 is 10.8 Å². The van der Waals surface area contributed by atoms with E-state index in [1.54, 1.807) is 25.4 Å². The zero-order valence-corrected chi connectivity index (χ0v) is 11.6. The molecule has 0 fully saturated rings. The SMILES string of the molecule is Cc1ccc([N+](=O)[O-])cc1C(=O)Nc1cnc2[nH+]c[nH]c2c1. The van der Waals surface area contributed by atoms with Crippen LogP contribution in [0.15, 0.2) is 36.8 Å². The number of nitro benzene ring substituents is 1. The summed E-state index contributed by atoms with van der Waals surface area (Å²) in [4.78, 5) is 32.6. The van der Waals surface area contributed by atoms with Gasteiger partial charge in [0.1, 0.15) is 6.20 Å². The van der Waals surface area contributed by atoms with Crippen LogP contribution in [-0.2, 0) is 0 Å². The Balaban J connectivity index is 1.90. The first kappa shape index (κ1) is 13.7. The van der Waals surface area contributed by atoms with Crippen LogP contribution < -0.4 is 10.3 Å². The number of benzene rings is 1. The largest absolute Gasteiger partial charge is 0.319 e. The summed E-state index contributed by atoms with van der Waals surface area (Å²) in [6, 6.07) is 5.91. The summed E-state index contributed by atoms with van der Waals surface area (Å²) in [7, 11) is 0. The van der Waals surface area contributed by atoms with Crippen LogP contribution in [0.5, 0.6) is 0 Å². The predicted octanol–water partition coefficient (Wildman–Crippen LogP) is 1.85. The van der Waals surface area contributed by atoms with Gasteiger partial charge in [0.15, 0.2) is 11.8 Å². The number of fused-ring (bicyclic) bond motifs is 1. The molecule has 1 amide bonds. The van der Waals surface area contributed by atoms with Gasteiger partial charge in [0, 0.05) is 23.8 Å². The van der Waals surface area contributed by atoms with Gasteiger partial charge in [-0.05, 0) is 12.5 Å². The Morgan fingerprint density at radius 1 is 1.41 bits per heavy atom. The van der Waals surface area contributed by atoms with E-state index >= 15 is 0 Å². The molecule has 1 aromatic carbocycles. The van der Waals surface area contributed by atoms with E-state index in [1.165, 1.54) is 18.3 Å². The molecule has 0 atom stereocenters. The molecule has 3 aromatic rings. The molecular formula is C14H12N5O3+. The molecule has 2 heterocycles. The summed E-state index contributed by atoms with van der Waals surface area (Å²) in [5, 5.41) is 13.5. The highest BCUT2D eigenvalue weighted by atomic mass is 16.6. The number of anilines is 1. The van der Waals surface area contributed by atoms with Crippen molar-refractivity contribution in [2.75, 3.05) is 5.32 Å². The van der Waals surface area contributed by atoms with E-state index in [1.807, 2.05) is 0 Å². The van der Waals surface area contributed by atoms with E-state index in [0.717, 1.165) is 5.52 Å². The van der Waals surface area contributed by atoms with E-state index in [4.69, 9.17) is 0 Å². The third kappa shape index (κ3) is 2.49. The molecule has 8 heteroatoms. The van der Waals surface area contributed by atoms with Crippen molar-refractivity contribution in [3.63, 3.8) is 0 Å². The van der Waals surface area contributed by atoms with Crippen LogP contribution in [0.4, 0.5) is 11.4 Å². The fourth-order valence-corrected chi connectivity index (χ4v) is 2.11. The van der Waals surface area contributed by atoms with Crippen molar-refractivity contribution in [2.45, 2.75) is 6.92 Å². The van der Waals surface area contributed by atoms with Crippen LogP contribution in [0.1, 0.15) is 15.9 Å². The highest BCUT2D eigenvalue weighted by molar-refractivity contribution is 6.06. The third-order valence-corrected chi connectivity index (χ3v) is 3.26. The summed E-state index contributed by atoms with van der Waals surface area (Å²) in [6.07, 6.45) is 3.14. The average Bonchev–Trinajstić information content (AvgIpc) is 2.94. The minimum atomic E-state index is -0.529. The Morgan fingerprint density at radius 3 is 3.00 bits per heavy atom. The van der Waals surface area contributed by atoms with Crippen molar-refractivity contribution in [3.05, 3.63) is 58.0 Å². The summed E-state index contributed by atoms with van der Waals surface area (Å²) in [6.45, 7) is 1.72. The molecule has 2 aromatic heterocycles. The molecule has 0 spiro atoms. The number of aromatic amines is 2. The molecule has 0 unspecified atom stereocenters. The number of nitro groups is 1. The molecule has 110 valence electrons. The van der Waals surface area contributed by atoms with Crippen molar-refractivity contribution in [1.29, 1.82) is 0 Å². The maximum atomic E-state index is 12.3. The highest BCUT2D eigenvalue weighted by Crippen LogP contribution is 2.19. The molecule has 0 saturated heterocycles.